The fourth-order valence-electron chi connectivity index (χ4n) is 3.65. The van der Waals surface area contributed by atoms with Crippen LogP contribution < -0.4 is 10.1 Å². The van der Waals surface area contributed by atoms with Gasteiger partial charge in [-0.3, -0.25) is 4.98 Å². The van der Waals surface area contributed by atoms with E-state index in [9.17, 15) is 5.11 Å². The third kappa shape index (κ3) is 3.92. The highest BCUT2D eigenvalue weighted by molar-refractivity contribution is 5.86. The summed E-state index contributed by atoms with van der Waals surface area (Å²) in [6.07, 6.45) is 3.47. The average Bonchev–Trinajstić information content (AvgIpc) is 2.75. The number of aryl methyl sites for hydroxylation is 2. The molecular weight excluding hydrogens is 374 g/mol. The van der Waals surface area contributed by atoms with Gasteiger partial charge in [-0.25, -0.2) is 4.98 Å². The molecule has 0 bridgehead atoms. The lowest BCUT2D eigenvalue weighted by atomic mass is 9.95. The summed E-state index contributed by atoms with van der Waals surface area (Å²) in [6, 6.07) is 17.5. The molecular formula is C25H25N3O2. The first-order valence-corrected chi connectivity index (χ1v) is 10.1. The van der Waals surface area contributed by atoms with Crippen molar-refractivity contribution in [2.24, 2.45) is 0 Å². The Morgan fingerprint density at radius 1 is 1.00 bits per heavy atom. The topological polar surface area (TPSA) is 67.3 Å². The van der Waals surface area contributed by atoms with Gasteiger partial charge in [0.05, 0.1) is 12.6 Å². The van der Waals surface area contributed by atoms with Crippen molar-refractivity contribution in [1.82, 2.24) is 9.97 Å². The van der Waals surface area contributed by atoms with Crippen molar-refractivity contribution in [3.05, 3.63) is 89.2 Å². The number of nitrogens with zero attached hydrogens (tertiary/aromatic N) is 2. The van der Waals surface area contributed by atoms with Crippen molar-refractivity contribution < 1.29 is 9.84 Å². The molecule has 1 atom stereocenters. The highest BCUT2D eigenvalue weighted by Gasteiger charge is 2.21. The molecule has 152 valence electrons. The van der Waals surface area contributed by atoms with E-state index in [0.29, 0.717) is 12.1 Å². The number of rotatable bonds is 6. The Labute approximate surface area is 176 Å². The molecule has 0 amide bonds. The Bertz CT molecular complexity index is 1190. The minimum absolute atomic E-state index is 0.171. The number of fused-ring (bicyclic) bond motifs is 1. The number of ether oxygens (including phenoxy) is 1. The number of aromatic hydroxyl groups is 1. The Kier molecular flexibility index (Phi) is 5.53. The summed E-state index contributed by atoms with van der Waals surface area (Å²) in [5.74, 6) is 1.77. The van der Waals surface area contributed by atoms with Crippen LogP contribution in [0.2, 0.25) is 0 Å². The van der Waals surface area contributed by atoms with E-state index in [-0.39, 0.29) is 11.8 Å². The fourth-order valence-corrected chi connectivity index (χ4v) is 3.65. The minimum Gasteiger partial charge on any atom is -0.505 e. The van der Waals surface area contributed by atoms with Crippen LogP contribution in [0.4, 0.5) is 5.82 Å². The number of anilines is 1. The number of aromatic nitrogens is 2. The third-order valence-electron chi connectivity index (χ3n) is 5.13. The molecule has 4 rings (SSSR count). The number of pyridine rings is 2. The molecule has 5 heteroatoms. The van der Waals surface area contributed by atoms with Crippen LogP contribution in [0, 0.1) is 13.8 Å². The van der Waals surface area contributed by atoms with Crippen LogP contribution in [-0.4, -0.2) is 21.7 Å². The maximum Gasteiger partial charge on any atom is 0.147 e. The summed E-state index contributed by atoms with van der Waals surface area (Å²) in [6.45, 7) is 6.64. The number of hydrogen-bond donors (Lipinski definition) is 2. The molecule has 0 aliphatic carbocycles. The summed E-state index contributed by atoms with van der Waals surface area (Å²) in [7, 11) is 0. The summed E-state index contributed by atoms with van der Waals surface area (Å²) in [5.41, 5.74) is 4.48. The van der Waals surface area contributed by atoms with E-state index in [2.05, 4.69) is 21.4 Å². The van der Waals surface area contributed by atoms with Gasteiger partial charge >= 0.3 is 0 Å². The molecule has 2 N–H and O–H groups in total. The van der Waals surface area contributed by atoms with E-state index in [1.165, 1.54) is 0 Å². The number of phenols is 1. The molecule has 4 aromatic rings. The SMILES string of the molecule is CCOc1ccc(C(Nc2cc(C)ccn2)c2ccc3cccnc3c2O)cc1C. The first kappa shape index (κ1) is 19.7. The van der Waals surface area contributed by atoms with Crippen molar-refractivity contribution in [1.29, 1.82) is 0 Å². The van der Waals surface area contributed by atoms with E-state index in [1.807, 2.05) is 69.3 Å². The zero-order chi connectivity index (χ0) is 21.1. The largest absolute Gasteiger partial charge is 0.505 e. The smallest absolute Gasteiger partial charge is 0.147 e. The second kappa shape index (κ2) is 8.41. The lowest BCUT2D eigenvalue weighted by Crippen LogP contribution is -2.14. The van der Waals surface area contributed by atoms with Crippen LogP contribution in [0.15, 0.2) is 67.0 Å². The van der Waals surface area contributed by atoms with Gasteiger partial charge in [0.2, 0.25) is 0 Å². The third-order valence-corrected chi connectivity index (χ3v) is 5.13. The van der Waals surface area contributed by atoms with Crippen LogP contribution in [-0.2, 0) is 0 Å². The van der Waals surface area contributed by atoms with Gasteiger partial charge < -0.3 is 15.2 Å². The molecule has 0 saturated heterocycles. The second-order valence-electron chi connectivity index (χ2n) is 7.33. The Morgan fingerprint density at radius 2 is 1.87 bits per heavy atom. The summed E-state index contributed by atoms with van der Waals surface area (Å²) < 4.78 is 5.70. The van der Waals surface area contributed by atoms with Crippen molar-refractivity contribution >= 4 is 16.7 Å². The lowest BCUT2D eigenvalue weighted by Gasteiger charge is -2.23. The average molecular weight is 399 g/mol. The van der Waals surface area contributed by atoms with E-state index in [1.54, 1.807) is 12.4 Å². The van der Waals surface area contributed by atoms with Crippen molar-refractivity contribution in [2.45, 2.75) is 26.8 Å². The zero-order valence-corrected chi connectivity index (χ0v) is 17.4. The molecule has 0 aliphatic rings. The maximum atomic E-state index is 11.1. The number of nitrogens with one attached hydrogen (secondary N) is 1. The van der Waals surface area contributed by atoms with Crippen LogP contribution in [0.5, 0.6) is 11.5 Å². The molecule has 5 nitrogen and oxygen atoms in total. The molecule has 1 unspecified atom stereocenters. The molecule has 2 aromatic heterocycles. The Balaban J connectivity index is 1.84. The first-order valence-electron chi connectivity index (χ1n) is 10.1. The van der Waals surface area contributed by atoms with Gasteiger partial charge in [-0.2, -0.15) is 0 Å². The van der Waals surface area contributed by atoms with Gasteiger partial charge in [0.25, 0.3) is 0 Å². The number of benzene rings is 2. The van der Waals surface area contributed by atoms with Crippen LogP contribution in [0.3, 0.4) is 0 Å². The van der Waals surface area contributed by atoms with Crippen LogP contribution in [0.1, 0.15) is 35.2 Å². The zero-order valence-electron chi connectivity index (χ0n) is 17.4. The minimum atomic E-state index is -0.305. The molecule has 2 heterocycles. The van der Waals surface area contributed by atoms with Crippen molar-refractivity contribution in [2.75, 3.05) is 11.9 Å². The van der Waals surface area contributed by atoms with Crippen LogP contribution >= 0.6 is 0 Å². The molecule has 0 aliphatic heterocycles. The molecule has 2 aromatic carbocycles. The first-order chi connectivity index (χ1) is 14.6. The van der Waals surface area contributed by atoms with Gasteiger partial charge in [-0.1, -0.05) is 24.3 Å². The normalized spacial score (nSPS) is 12.0. The number of phenolic OH excluding ortho intramolecular Hbond substituents is 1. The molecule has 0 spiro atoms. The summed E-state index contributed by atoms with van der Waals surface area (Å²) in [5, 5.41) is 15.5. The standard InChI is InChI=1S/C25H25N3O2/c1-4-30-21-10-8-19(15-17(21)3)23(28-22-14-16(2)11-13-26-22)20-9-7-18-6-5-12-27-24(18)25(20)29/h5-15,23,29H,4H2,1-3H3,(H,26,28). The van der Waals surface area contributed by atoms with E-state index in [4.69, 9.17) is 4.74 Å². The second-order valence-corrected chi connectivity index (χ2v) is 7.33. The molecule has 0 radical (unpaired) electrons. The van der Waals surface area contributed by atoms with Gasteiger partial charge in [-0.15, -0.1) is 0 Å². The summed E-state index contributed by atoms with van der Waals surface area (Å²) >= 11 is 0. The predicted octanol–water partition coefficient (Wildman–Crippen LogP) is 5.55. The van der Waals surface area contributed by atoms with E-state index in [0.717, 1.165) is 39.2 Å². The highest BCUT2D eigenvalue weighted by atomic mass is 16.5. The van der Waals surface area contributed by atoms with Gasteiger partial charge in [0, 0.05) is 23.3 Å². The van der Waals surface area contributed by atoms with Crippen LogP contribution in [0.25, 0.3) is 10.9 Å². The fraction of sp³-hybridized carbons (Fsp3) is 0.200. The van der Waals surface area contributed by atoms with Gasteiger partial charge in [0.15, 0.2) is 0 Å². The van der Waals surface area contributed by atoms with E-state index < -0.39 is 0 Å². The molecule has 30 heavy (non-hydrogen) atoms. The highest BCUT2D eigenvalue weighted by Crippen LogP contribution is 2.37. The molecule has 0 saturated carbocycles. The number of hydrogen-bond acceptors (Lipinski definition) is 5. The van der Waals surface area contributed by atoms with Gasteiger partial charge in [0.1, 0.15) is 22.8 Å². The lowest BCUT2D eigenvalue weighted by molar-refractivity contribution is 0.338. The van der Waals surface area contributed by atoms with Crippen molar-refractivity contribution in [3.63, 3.8) is 0 Å². The quantitative estimate of drug-likeness (QED) is 0.445. The summed E-state index contributed by atoms with van der Waals surface area (Å²) in [4.78, 5) is 8.84. The maximum absolute atomic E-state index is 11.1. The molecule has 0 fully saturated rings. The van der Waals surface area contributed by atoms with Gasteiger partial charge in [-0.05, 0) is 67.8 Å². The van der Waals surface area contributed by atoms with E-state index >= 15 is 0 Å². The monoisotopic (exact) mass is 399 g/mol. The Hall–Kier alpha value is -3.60. The van der Waals surface area contributed by atoms with Crippen molar-refractivity contribution in [3.8, 4) is 11.5 Å². The Morgan fingerprint density at radius 3 is 2.63 bits per heavy atom. The predicted molar refractivity (Wildman–Crippen MR) is 120 cm³/mol.